The van der Waals surface area contributed by atoms with Crippen molar-refractivity contribution < 1.29 is 62.1 Å². The standard InChI is InChI=1S/C48H65NO13Si/c1-11-57-61-38-36-29(5)33(58-44(52)39-37(31-21-17-15-18-22-31)49-43(59-39)32-23-19-16-20-24-32)26-48(53,45(36,7)8)42(56-28-54-10)40-46(9,41(38)51)34(62-63(12-2,13-3)14-4)25-35-47(40,27-55-35)60-30(6)50/h15-24,33-35,37-40,42,53H,11-14,25-28H2,1-10H3/t33?,34?,35?,37?,38?,39?,40?,42?,46-,47?,48?/m1/s1. The minimum absolute atomic E-state index is 0.0560. The van der Waals surface area contributed by atoms with Crippen LogP contribution in [0, 0.1) is 16.7 Å². The summed E-state index contributed by atoms with van der Waals surface area (Å²) in [6, 6.07) is 20.4. The first-order valence-corrected chi connectivity index (χ1v) is 25.0. The molecule has 5 aliphatic rings. The summed E-state index contributed by atoms with van der Waals surface area (Å²) in [7, 11) is -0.988. The number of aliphatic imine (C=N–C) groups is 1. The molecule has 10 unspecified atom stereocenters. The Morgan fingerprint density at radius 3 is 2.19 bits per heavy atom. The molecule has 2 bridgehead atoms. The van der Waals surface area contributed by atoms with Crippen LogP contribution >= 0.6 is 0 Å². The predicted octanol–water partition coefficient (Wildman–Crippen LogP) is 6.99. The number of Topliss-reactive ketones (excluding diaryl/α,β-unsaturated/α-hetero) is 1. The number of hydrogen-bond acceptors (Lipinski definition) is 14. The number of carbonyl (C=O) groups is 3. The summed E-state index contributed by atoms with van der Waals surface area (Å²) in [5.74, 6) is -2.49. The van der Waals surface area contributed by atoms with Crippen molar-refractivity contribution in [3.05, 3.63) is 82.9 Å². The molecule has 2 aliphatic heterocycles. The summed E-state index contributed by atoms with van der Waals surface area (Å²) in [6.45, 7) is 16.5. The van der Waals surface area contributed by atoms with Crippen LogP contribution in [-0.4, -0.2) is 112 Å². The number of ether oxygens (including phenoxy) is 6. The fraction of sp³-hybridized carbons (Fsp3) is 0.625. The van der Waals surface area contributed by atoms with E-state index in [-0.39, 0.29) is 32.8 Å². The van der Waals surface area contributed by atoms with Crippen molar-refractivity contribution in [1.29, 1.82) is 0 Å². The van der Waals surface area contributed by atoms with Crippen LogP contribution in [0.4, 0.5) is 0 Å². The number of esters is 2. The monoisotopic (exact) mass is 891 g/mol. The largest absolute Gasteiger partial charge is 0.459 e. The molecule has 0 amide bonds. The summed E-state index contributed by atoms with van der Waals surface area (Å²) < 4.78 is 45.2. The van der Waals surface area contributed by atoms with E-state index >= 15 is 4.79 Å². The molecule has 344 valence electrons. The number of carbonyl (C=O) groups excluding carboxylic acids is 3. The number of nitrogens with zero attached hydrogens (tertiary/aromatic N) is 1. The Labute approximate surface area is 372 Å². The lowest BCUT2D eigenvalue weighted by atomic mass is 9.44. The second kappa shape index (κ2) is 18.2. The van der Waals surface area contributed by atoms with E-state index in [2.05, 4.69) is 20.8 Å². The van der Waals surface area contributed by atoms with Crippen LogP contribution in [0.3, 0.4) is 0 Å². The lowest BCUT2D eigenvalue weighted by Gasteiger charge is -2.68. The molecule has 2 heterocycles. The van der Waals surface area contributed by atoms with E-state index in [9.17, 15) is 14.7 Å². The number of fused-ring (bicyclic) bond motifs is 5. The van der Waals surface area contributed by atoms with E-state index in [1.807, 2.05) is 81.4 Å². The van der Waals surface area contributed by atoms with Crippen molar-refractivity contribution in [2.75, 3.05) is 27.1 Å². The zero-order valence-electron chi connectivity index (χ0n) is 38.3. The number of hydrogen-bond donors (Lipinski definition) is 1. The number of ketones is 1. The summed E-state index contributed by atoms with van der Waals surface area (Å²) in [5.41, 5.74) is -3.91. The number of aliphatic hydroxyl groups is 1. The van der Waals surface area contributed by atoms with Gasteiger partial charge in [-0.3, -0.25) is 9.59 Å². The van der Waals surface area contributed by atoms with Crippen LogP contribution in [0.15, 0.2) is 76.8 Å². The zero-order chi connectivity index (χ0) is 45.5. The van der Waals surface area contributed by atoms with Crippen molar-refractivity contribution in [3.8, 4) is 0 Å². The van der Waals surface area contributed by atoms with E-state index in [1.165, 1.54) is 14.0 Å². The molecule has 1 N–H and O–H groups in total. The van der Waals surface area contributed by atoms with Gasteiger partial charge in [-0.25, -0.2) is 19.6 Å². The Morgan fingerprint density at radius 1 is 0.968 bits per heavy atom. The van der Waals surface area contributed by atoms with Gasteiger partial charge in [0, 0.05) is 43.8 Å². The van der Waals surface area contributed by atoms with Gasteiger partial charge in [-0.1, -0.05) is 83.1 Å². The molecule has 11 atom stereocenters. The zero-order valence-corrected chi connectivity index (χ0v) is 39.3. The molecule has 0 radical (unpaired) electrons. The van der Waals surface area contributed by atoms with Gasteiger partial charge in [-0.05, 0) is 67.7 Å². The van der Waals surface area contributed by atoms with E-state index in [0.29, 0.717) is 22.6 Å². The van der Waals surface area contributed by atoms with Gasteiger partial charge >= 0.3 is 11.9 Å². The molecule has 1 saturated heterocycles. The first kappa shape index (κ1) is 47.2. The van der Waals surface area contributed by atoms with Crippen molar-refractivity contribution >= 4 is 31.9 Å². The second-order valence-corrected chi connectivity index (χ2v) is 23.1. The molecule has 7 rings (SSSR count). The molecule has 2 aromatic rings. The highest BCUT2D eigenvalue weighted by Gasteiger charge is 2.78. The molecule has 0 aromatic heterocycles. The Kier molecular flexibility index (Phi) is 13.6. The van der Waals surface area contributed by atoms with Crippen LogP contribution in [0.5, 0.6) is 0 Å². The van der Waals surface area contributed by atoms with Crippen LogP contribution in [0.1, 0.15) is 92.3 Å². The molecule has 3 fully saturated rings. The summed E-state index contributed by atoms with van der Waals surface area (Å²) in [5, 5.41) is 13.9. The lowest BCUT2D eigenvalue weighted by Crippen LogP contribution is -2.82. The fourth-order valence-corrected chi connectivity index (χ4v) is 14.2. The first-order valence-electron chi connectivity index (χ1n) is 22.4. The van der Waals surface area contributed by atoms with Crippen molar-refractivity contribution in [1.82, 2.24) is 0 Å². The van der Waals surface area contributed by atoms with Gasteiger partial charge in [-0.15, -0.1) is 0 Å². The number of rotatable bonds is 16. The minimum atomic E-state index is -2.46. The highest BCUT2D eigenvalue weighted by molar-refractivity contribution is 6.73. The lowest BCUT2D eigenvalue weighted by molar-refractivity contribution is -0.361. The summed E-state index contributed by atoms with van der Waals surface area (Å²) in [6.07, 6.45) is -6.41. The third-order valence-electron chi connectivity index (χ3n) is 15.0. The quantitative estimate of drug-likeness (QED) is 0.0458. The smallest absolute Gasteiger partial charge is 0.350 e. The third-order valence-corrected chi connectivity index (χ3v) is 19.7. The maximum absolute atomic E-state index is 16.2. The van der Waals surface area contributed by atoms with Gasteiger partial charge in [0.15, 0.2) is 25.8 Å². The normalized spacial score (nSPS) is 34.7. The van der Waals surface area contributed by atoms with Gasteiger partial charge in [0.05, 0.1) is 30.8 Å². The van der Waals surface area contributed by atoms with Crippen molar-refractivity contribution in [2.45, 2.75) is 147 Å². The SMILES string of the molecule is CCOOC1C(=O)[C@]2(C)C(O[Si](CC)(CC)CC)CC3OCC3(OC(C)=O)C2C(OCOC)C2(O)CC(OC(=O)C3OC(c4ccccc4)=NC3c3ccccc3)C(C)=C1C2(C)C. The molecular formula is C48H65NO13Si. The number of methoxy groups -OCH3 is 1. The molecule has 2 saturated carbocycles. The van der Waals surface area contributed by atoms with Crippen LogP contribution in [0.25, 0.3) is 0 Å². The van der Waals surface area contributed by atoms with Gasteiger partial charge in [0.1, 0.15) is 30.6 Å². The maximum Gasteiger partial charge on any atom is 0.350 e. The van der Waals surface area contributed by atoms with Crippen LogP contribution < -0.4 is 0 Å². The predicted molar refractivity (Wildman–Crippen MR) is 234 cm³/mol. The molecule has 2 aromatic carbocycles. The average Bonchev–Trinajstić information content (AvgIpc) is 3.73. The maximum atomic E-state index is 16.2. The van der Waals surface area contributed by atoms with E-state index in [1.54, 1.807) is 13.8 Å². The topological polar surface area (TPSA) is 167 Å². The van der Waals surface area contributed by atoms with Gasteiger partial charge in [-0.2, -0.15) is 0 Å². The van der Waals surface area contributed by atoms with Crippen molar-refractivity contribution in [3.63, 3.8) is 0 Å². The Hall–Kier alpha value is -3.80. The fourth-order valence-electron chi connectivity index (χ4n) is 11.3. The Morgan fingerprint density at radius 2 is 1.62 bits per heavy atom. The van der Waals surface area contributed by atoms with E-state index in [4.69, 9.17) is 47.6 Å². The van der Waals surface area contributed by atoms with E-state index in [0.717, 1.165) is 23.7 Å². The van der Waals surface area contributed by atoms with Gasteiger partial charge < -0.3 is 38.0 Å². The Bertz CT molecular complexity index is 2050. The van der Waals surface area contributed by atoms with Crippen molar-refractivity contribution in [2.24, 2.45) is 21.7 Å². The number of benzene rings is 2. The molecule has 63 heavy (non-hydrogen) atoms. The van der Waals surface area contributed by atoms with E-state index < -0.39 is 96.7 Å². The van der Waals surface area contributed by atoms with Gasteiger partial charge in [0.2, 0.25) is 12.0 Å². The van der Waals surface area contributed by atoms with Crippen LogP contribution in [-0.2, 0) is 57.0 Å². The highest BCUT2D eigenvalue weighted by atomic mass is 28.4. The second-order valence-electron chi connectivity index (χ2n) is 18.4. The summed E-state index contributed by atoms with van der Waals surface area (Å²) >= 11 is 0. The molecule has 3 aliphatic carbocycles. The Balaban J connectivity index is 1.40. The molecule has 15 heteroatoms. The molecule has 0 spiro atoms. The molecular weight excluding hydrogens is 827 g/mol. The van der Waals surface area contributed by atoms with Gasteiger partial charge in [0.25, 0.3) is 0 Å². The van der Waals surface area contributed by atoms with Crippen LogP contribution in [0.2, 0.25) is 18.1 Å². The minimum Gasteiger partial charge on any atom is -0.459 e. The molecule has 14 nitrogen and oxygen atoms in total. The third kappa shape index (κ3) is 7.83. The average molecular weight is 892 g/mol. The first-order chi connectivity index (χ1) is 30.0. The highest BCUT2D eigenvalue weighted by Crippen LogP contribution is 2.65. The summed E-state index contributed by atoms with van der Waals surface area (Å²) in [4.78, 5) is 61.0.